The van der Waals surface area contributed by atoms with Gasteiger partial charge in [0.05, 0.1) is 6.61 Å². The molecule has 6 nitrogen and oxygen atoms in total. The van der Waals surface area contributed by atoms with E-state index in [1.165, 1.54) is 0 Å². The largest absolute Gasteiger partial charge is 0.394 e. The number of hydrogen-bond acceptors (Lipinski definition) is 7. The number of ether oxygens (including phenoxy) is 1. The Morgan fingerprint density at radius 3 is 2.36 bits per heavy atom. The molecule has 0 radical (unpaired) electrons. The first-order chi connectivity index (χ1) is 6.61. The molecule has 1 heterocycles. The summed E-state index contributed by atoms with van der Waals surface area (Å²) in [6.45, 7) is -0.445. The van der Waals surface area contributed by atoms with Crippen molar-refractivity contribution >= 4 is 12.0 Å². The van der Waals surface area contributed by atoms with E-state index < -0.39 is 37.3 Å². The molecule has 0 spiro atoms. The van der Waals surface area contributed by atoms with Crippen LogP contribution >= 0.6 is 12.0 Å². The summed E-state index contributed by atoms with van der Waals surface area (Å²) in [4.78, 5) is 0. The standard InChI is InChI=1S/C7H14O6S/c1-14-13-7-6(11)5(10)4(9)3(2-8)12-7/h3-11H,2H2,1H3/t3?,4-,5?,6?,7-/m1/s1. The quantitative estimate of drug-likeness (QED) is 0.416. The molecule has 1 aliphatic rings. The third kappa shape index (κ3) is 2.37. The molecule has 4 N–H and O–H groups in total. The summed E-state index contributed by atoms with van der Waals surface area (Å²) in [5, 5.41) is 36.9. The van der Waals surface area contributed by atoms with E-state index in [4.69, 9.17) is 14.0 Å². The first-order valence-electron chi connectivity index (χ1n) is 4.11. The smallest absolute Gasteiger partial charge is 0.199 e. The summed E-state index contributed by atoms with van der Waals surface area (Å²) >= 11 is 0.968. The SMILES string of the molecule is CSO[C@H]1OC(CO)[C@@H](O)C(O)C1O. The van der Waals surface area contributed by atoms with Crippen LogP contribution in [0.3, 0.4) is 0 Å². The van der Waals surface area contributed by atoms with E-state index in [9.17, 15) is 15.3 Å². The zero-order valence-corrected chi connectivity index (χ0v) is 8.42. The van der Waals surface area contributed by atoms with Crippen LogP contribution in [0.15, 0.2) is 0 Å². The van der Waals surface area contributed by atoms with Crippen LogP contribution in [0.25, 0.3) is 0 Å². The lowest BCUT2D eigenvalue weighted by Gasteiger charge is -2.38. The molecule has 1 saturated heterocycles. The average molecular weight is 226 g/mol. The van der Waals surface area contributed by atoms with Gasteiger partial charge in [-0.15, -0.1) is 0 Å². The van der Waals surface area contributed by atoms with Crippen molar-refractivity contribution < 1.29 is 29.3 Å². The van der Waals surface area contributed by atoms with Gasteiger partial charge in [-0.05, 0) is 12.0 Å². The first kappa shape index (κ1) is 12.2. The lowest BCUT2D eigenvalue weighted by Crippen LogP contribution is -2.58. The van der Waals surface area contributed by atoms with E-state index in [1.54, 1.807) is 6.26 Å². The molecule has 0 aromatic rings. The molecular weight excluding hydrogens is 212 g/mol. The van der Waals surface area contributed by atoms with Crippen LogP contribution in [-0.2, 0) is 8.92 Å². The minimum atomic E-state index is -1.38. The number of hydrogen-bond donors (Lipinski definition) is 4. The molecule has 0 saturated carbocycles. The molecule has 1 fully saturated rings. The maximum atomic E-state index is 9.40. The Hall–Kier alpha value is 0.110. The third-order valence-electron chi connectivity index (χ3n) is 2.04. The Balaban J connectivity index is 2.63. The monoisotopic (exact) mass is 226 g/mol. The van der Waals surface area contributed by atoms with Gasteiger partial charge in [0.2, 0.25) is 0 Å². The van der Waals surface area contributed by atoms with Crippen LogP contribution in [0.5, 0.6) is 0 Å². The van der Waals surface area contributed by atoms with E-state index >= 15 is 0 Å². The Morgan fingerprint density at radius 2 is 1.86 bits per heavy atom. The highest BCUT2D eigenvalue weighted by Gasteiger charge is 2.44. The summed E-state index contributed by atoms with van der Waals surface area (Å²) in [5.74, 6) is 0. The molecule has 1 rings (SSSR count). The van der Waals surface area contributed by atoms with E-state index in [-0.39, 0.29) is 0 Å². The zero-order valence-electron chi connectivity index (χ0n) is 7.61. The second-order valence-electron chi connectivity index (χ2n) is 2.96. The fourth-order valence-corrected chi connectivity index (χ4v) is 1.59. The molecule has 1 aliphatic heterocycles. The maximum Gasteiger partial charge on any atom is 0.199 e. The zero-order chi connectivity index (χ0) is 10.7. The summed E-state index contributed by atoms with van der Waals surface area (Å²) < 4.78 is 9.93. The van der Waals surface area contributed by atoms with Crippen molar-refractivity contribution in [3.63, 3.8) is 0 Å². The van der Waals surface area contributed by atoms with Gasteiger partial charge in [0.25, 0.3) is 0 Å². The molecule has 0 aromatic heterocycles. The number of rotatable bonds is 3. The molecule has 14 heavy (non-hydrogen) atoms. The first-order valence-corrected chi connectivity index (χ1v) is 5.26. The minimum absolute atomic E-state index is 0.445. The fourth-order valence-electron chi connectivity index (χ4n) is 1.24. The van der Waals surface area contributed by atoms with Gasteiger partial charge >= 0.3 is 0 Å². The van der Waals surface area contributed by atoms with Crippen molar-refractivity contribution in [2.75, 3.05) is 12.9 Å². The molecule has 84 valence electrons. The molecule has 5 atom stereocenters. The summed E-state index contributed by atoms with van der Waals surface area (Å²) in [6, 6.07) is 0. The van der Waals surface area contributed by atoms with Gasteiger partial charge in [0.15, 0.2) is 6.29 Å². The van der Waals surface area contributed by atoms with Gasteiger partial charge in [0, 0.05) is 6.26 Å². The molecule has 0 aromatic carbocycles. The summed E-state index contributed by atoms with van der Waals surface area (Å²) in [7, 11) is 0. The Labute approximate surface area is 85.7 Å². The Morgan fingerprint density at radius 1 is 1.21 bits per heavy atom. The molecule has 0 amide bonds. The van der Waals surface area contributed by atoms with Crippen LogP contribution in [-0.4, -0.2) is 64.0 Å². The second kappa shape index (κ2) is 5.26. The van der Waals surface area contributed by atoms with Crippen LogP contribution in [0, 0.1) is 0 Å². The van der Waals surface area contributed by atoms with Gasteiger partial charge < -0.3 is 25.2 Å². The van der Waals surface area contributed by atoms with E-state index in [0.29, 0.717) is 0 Å². The highest BCUT2D eigenvalue weighted by Crippen LogP contribution is 2.23. The molecule has 0 aliphatic carbocycles. The maximum absolute atomic E-state index is 9.40. The normalized spacial score (nSPS) is 43.9. The van der Waals surface area contributed by atoms with Gasteiger partial charge in [-0.1, -0.05) is 0 Å². The lowest BCUT2D eigenvalue weighted by molar-refractivity contribution is -0.274. The highest BCUT2D eigenvalue weighted by molar-refractivity contribution is 7.93. The molecule has 7 heteroatoms. The number of aliphatic hydroxyl groups excluding tert-OH is 4. The Kier molecular flexibility index (Phi) is 4.58. The summed E-state index contributed by atoms with van der Waals surface area (Å²) in [6.07, 6.45) is -4.36. The van der Waals surface area contributed by atoms with Gasteiger partial charge in [-0.25, -0.2) is 0 Å². The van der Waals surface area contributed by atoms with Crippen molar-refractivity contribution in [2.45, 2.75) is 30.7 Å². The van der Waals surface area contributed by atoms with Crippen LogP contribution in [0.4, 0.5) is 0 Å². The third-order valence-corrected chi connectivity index (χ3v) is 2.42. The van der Waals surface area contributed by atoms with Crippen LogP contribution < -0.4 is 0 Å². The minimum Gasteiger partial charge on any atom is -0.394 e. The van der Waals surface area contributed by atoms with Crippen molar-refractivity contribution in [1.29, 1.82) is 0 Å². The fraction of sp³-hybridized carbons (Fsp3) is 1.00. The van der Waals surface area contributed by atoms with Crippen molar-refractivity contribution in [2.24, 2.45) is 0 Å². The summed E-state index contributed by atoms with van der Waals surface area (Å²) in [5.41, 5.74) is 0. The van der Waals surface area contributed by atoms with Gasteiger partial charge in [-0.2, -0.15) is 0 Å². The van der Waals surface area contributed by atoms with E-state index in [1.807, 2.05) is 0 Å². The predicted octanol–water partition coefficient (Wildman–Crippen LogP) is -1.92. The van der Waals surface area contributed by atoms with Crippen molar-refractivity contribution in [3.05, 3.63) is 0 Å². The average Bonchev–Trinajstić information content (AvgIpc) is 2.19. The lowest BCUT2D eigenvalue weighted by atomic mass is 10.00. The van der Waals surface area contributed by atoms with Crippen molar-refractivity contribution in [3.8, 4) is 0 Å². The second-order valence-corrected chi connectivity index (χ2v) is 3.49. The van der Waals surface area contributed by atoms with Gasteiger partial charge in [-0.3, -0.25) is 4.18 Å². The van der Waals surface area contributed by atoms with E-state index in [2.05, 4.69) is 0 Å². The molecule has 0 bridgehead atoms. The van der Waals surface area contributed by atoms with Crippen molar-refractivity contribution in [1.82, 2.24) is 0 Å². The Bertz CT molecular complexity index is 176. The highest BCUT2D eigenvalue weighted by atomic mass is 32.2. The predicted molar refractivity (Wildman–Crippen MR) is 48.4 cm³/mol. The van der Waals surface area contributed by atoms with Crippen LogP contribution in [0.2, 0.25) is 0 Å². The topological polar surface area (TPSA) is 99.4 Å². The number of aliphatic hydroxyl groups is 4. The molecule has 3 unspecified atom stereocenters. The van der Waals surface area contributed by atoms with Gasteiger partial charge in [0.1, 0.15) is 24.4 Å². The van der Waals surface area contributed by atoms with E-state index in [0.717, 1.165) is 12.0 Å². The molecular formula is C7H14O6S. The van der Waals surface area contributed by atoms with Crippen LogP contribution in [0.1, 0.15) is 0 Å².